The molecule has 0 aliphatic heterocycles. The van der Waals surface area contributed by atoms with Crippen LogP contribution in [0.2, 0.25) is 0 Å². The van der Waals surface area contributed by atoms with Gasteiger partial charge in [-0.25, -0.2) is 4.39 Å². The van der Waals surface area contributed by atoms with E-state index in [9.17, 15) is 9.18 Å². The van der Waals surface area contributed by atoms with Crippen LogP contribution in [0.3, 0.4) is 0 Å². The third-order valence-electron chi connectivity index (χ3n) is 4.17. The first kappa shape index (κ1) is 17.6. The second-order valence-electron chi connectivity index (χ2n) is 6.16. The van der Waals surface area contributed by atoms with Crippen molar-refractivity contribution in [1.29, 1.82) is 0 Å². The highest BCUT2D eigenvalue weighted by Gasteiger charge is 2.09. The molecule has 0 saturated heterocycles. The highest BCUT2D eigenvalue weighted by Crippen LogP contribution is 2.16. The molecule has 2 N–H and O–H groups in total. The van der Waals surface area contributed by atoms with Gasteiger partial charge in [-0.1, -0.05) is 18.2 Å². The molecule has 132 valence electrons. The number of hydrogen-bond donors (Lipinski definition) is 2. The third kappa shape index (κ3) is 4.45. The molecule has 1 heterocycles. The van der Waals surface area contributed by atoms with Crippen LogP contribution in [0.1, 0.15) is 27.2 Å². The highest BCUT2D eigenvalue weighted by molar-refractivity contribution is 6.03. The van der Waals surface area contributed by atoms with Crippen molar-refractivity contribution >= 4 is 17.3 Å². The summed E-state index contributed by atoms with van der Waals surface area (Å²) in [5, 5.41) is 6.08. The van der Waals surface area contributed by atoms with Crippen LogP contribution in [0.25, 0.3) is 0 Å². The molecular weight excluding hydrogens is 329 g/mol. The van der Waals surface area contributed by atoms with Crippen molar-refractivity contribution in [1.82, 2.24) is 4.98 Å². The Bertz CT molecular complexity index is 923. The molecule has 0 saturated carbocycles. The number of benzene rings is 2. The lowest BCUT2D eigenvalue weighted by Gasteiger charge is -2.10. The van der Waals surface area contributed by atoms with Gasteiger partial charge in [-0.3, -0.25) is 9.78 Å². The summed E-state index contributed by atoms with van der Waals surface area (Å²) in [5.74, 6) is -0.526. The number of pyridine rings is 1. The lowest BCUT2D eigenvalue weighted by atomic mass is 10.1. The summed E-state index contributed by atoms with van der Waals surface area (Å²) in [6.45, 7) is 4.56. The first-order valence-corrected chi connectivity index (χ1v) is 8.34. The highest BCUT2D eigenvalue weighted by atomic mass is 19.1. The van der Waals surface area contributed by atoms with Gasteiger partial charge < -0.3 is 10.6 Å². The van der Waals surface area contributed by atoms with E-state index in [1.54, 1.807) is 30.5 Å². The van der Waals surface area contributed by atoms with Gasteiger partial charge in [0.2, 0.25) is 0 Å². The van der Waals surface area contributed by atoms with Crippen molar-refractivity contribution in [3.05, 3.63) is 89.0 Å². The number of carbonyl (C=O) groups is 1. The number of carbonyl (C=O) groups excluding carboxylic acids is 1. The Morgan fingerprint density at radius 3 is 2.46 bits per heavy atom. The van der Waals surface area contributed by atoms with Crippen molar-refractivity contribution in [2.45, 2.75) is 20.4 Å². The smallest absolute Gasteiger partial charge is 0.274 e. The predicted octanol–water partition coefficient (Wildman–Crippen LogP) is 4.70. The van der Waals surface area contributed by atoms with Crippen molar-refractivity contribution in [3.63, 3.8) is 0 Å². The maximum Gasteiger partial charge on any atom is 0.274 e. The number of hydrogen-bond acceptors (Lipinski definition) is 3. The molecule has 0 unspecified atom stereocenters. The molecule has 0 aliphatic carbocycles. The molecule has 0 radical (unpaired) electrons. The first-order chi connectivity index (χ1) is 12.5. The summed E-state index contributed by atoms with van der Waals surface area (Å²) in [6, 6.07) is 15.5. The minimum atomic E-state index is -0.265. The van der Waals surface area contributed by atoms with Gasteiger partial charge in [0.15, 0.2) is 0 Å². The van der Waals surface area contributed by atoms with Gasteiger partial charge in [0.05, 0.1) is 0 Å². The fourth-order valence-electron chi connectivity index (χ4n) is 2.49. The van der Waals surface area contributed by atoms with Crippen molar-refractivity contribution in [3.8, 4) is 0 Å². The quantitative estimate of drug-likeness (QED) is 0.702. The van der Waals surface area contributed by atoms with Gasteiger partial charge in [0.25, 0.3) is 5.91 Å². The molecule has 1 aromatic heterocycles. The number of aromatic nitrogens is 1. The minimum Gasteiger partial charge on any atom is -0.381 e. The maximum atomic E-state index is 12.9. The average molecular weight is 349 g/mol. The number of aryl methyl sites for hydroxylation is 2. The van der Waals surface area contributed by atoms with Crippen LogP contribution in [0.4, 0.5) is 15.8 Å². The molecule has 3 rings (SSSR count). The van der Waals surface area contributed by atoms with Crippen molar-refractivity contribution < 1.29 is 9.18 Å². The van der Waals surface area contributed by atoms with E-state index < -0.39 is 0 Å². The standard InChI is InChI=1S/C21H20FN3O/c1-14-3-8-19(11-15(14)2)25-21(26)20-12-18(9-10-23-20)24-13-16-4-6-17(22)7-5-16/h3-12H,13H2,1-2H3,(H,23,24)(H,25,26). The largest absolute Gasteiger partial charge is 0.381 e. The zero-order valence-corrected chi connectivity index (χ0v) is 14.7. The van der Waals surface area contributed by atoms with Gasteiger partial charge in [0.1, 0.15) is 11.5 Å². The summed E-state index contributed by atoms with van der Waals surface area (Å²) >= 11 is 0. The number of rotatable bonds is 5. The van der Waals surface area contributed by atoms with Crippen molar-refractivity contribution in [2.75, 3.05) is 10.6 Å². The molecule has 4 nitrogen and oxygen atoms in total. The summed E-state index contributed by atoms with van der Waals surface area (Å²) in [5.41, 5.74) is 5.08. The van der Waals surface area contributed by atoms with Crippen LogP contribution in [0, 0.1) is 19.7 Å². The molecule has 0 bridgehead atoms. The molecule has 0 aliphatic rings. The predicted molar refractivity (Wildman–Crippen MR) is 102 cm³/mol. The van der Waals surface area contributed by atoms with E-state index in [0.29, 0.717) is 12.2 Å². The molecule has 0 spiro atoms. The summed E-state index contributed by atoms with van der Waals surface area (Å²) in [7, 11) is 0. The van der Waals surface area contributed by atoms with Gasteiger partial charge >= 0.3 is 0 Å². The molecule has 2 aromatic carbocycles. The molecule has 1 amide bonds. The maximum absolute atomic E-state index is 12.9. The molecule has 5 heteroatoms. The lowest BCUT2D eigenvalue weighted by Crippen LogP contribution is -2.14. The van der Waals surface area contributed by atoms with Crippen LogP contribution in [-0.2, 0) is 6.54 Å². The number of halogens is 1. The fraction of sp³-hybridized carbons (Fsp3) is 0.143. The number of nitrogens with zero attached hydrogens (tertiary/aromatic N) is 1. The van der Waals surface area contributed by atoms with E-state index in [0.717, 1.165) is 22.5 Å². The van der Waals surface area contributed by atoms with E-state index >= 15 is 0 Å². The topological polar surface area (TPSA) is 54.0 Å². The Labute approximate surface area is 152 Å². The monoisotopic (exact) mass is 349 g/mol. The van der Waals surface area contributed by atoms with Crippen molar-refractivity contribution in [2.24, 2.45) is 0 Å². The van der Waals surface area contributed by atoms with E-state index in [1.807, 2.05) is 32.0 Å². The first-order valence-electron chi connectivity index (χ1n) is 8.34. The number of anilines is 2. The average Bonchev–Trinajstić information content (AvgIpc) is 2.64. The molecular formula is C21H20FN3O. The molecule has 26 heavy (non-hydrogen) atoms. The fourth-order valence-corrected chi connectivity index (χ4v) is 2.49. The summed E-state index contributed by atoms with van der Waals surface area (Å²) in [4.78, 5) is 16.6. The molecule has 0 atom stereocenters. The van der Waals surface area contributed by atoms with E-state index in [2.05, 4.69) is 15.6 Å². The third-order valence-corrected chi connectivity index (χ3v) is 4.17. The Morgan fingerprint density at radius 1 is 0.962 bits per heavy atom. The van der Waals surface area contributed by atoms with Crippen LogP contribution >= 0.6 is 0 Å². The second kappa shape index (κ2) is 7.78. The molecule has 0 fully saturated rings. The summed E-state index contributed by atoms with van der Waals surface area (Å²) < 4.78 is 12.9. The van der Waals surface area contributed by atoms with E-state index in [4.69, 9.17) is 0 Å². The van der Waals surface area contributed by atoms with Gasteiger partial charge in [0, 0.05) is 24.1 Å². The Morgan fingerprint density at radius 2 is 1.73 bits per heavy atom. The van der Waals surface area contributed by atoms with Crippen LogP contribution in [-0.4, -0.2) is 10.9 Å². The zero-order chi connectivity index (χ0) is 18.5. The Balaban J connectivity index is 1.66. The van der Waals surface area contributed by atoms with Crippen LogP contribution in [0.15, 0.2) is 60.8 Å². The minimum absolute atomic E-state index is 0.261. The zero-order valence-electron chi connectivity index (χ0n) is 14.7. The Hall–Kier alpha value is -3.21. The number of nitrogens with one attached hydrogen (secondary N) is 2. The van der Waals surface area contributed by atoms with Gasteiger partial charge in [-0.2, -0.15) is 0 Å². The SMILES string of the molecule is Cc1ccc(NC(=O)c2cc(NCc3ccc(F)cc3)ccn2)cc1C. The summed E-state index contributed by atoms with van der Waals surface area (Å²) in [6.07, 6.45) is 1.59. The normalized spacial score (nSPS) is 10.4. The van der Waals surface area contributed by atoms with Gasteiger partial charge in [-0.05, 0) is 66.9 Å². The second-order valence-corrected chi connectivity index (χ2v) is 6.16. The van der Waals surface area contributed by atoms with Gasteiger partial charge in [-0.15, -0.1) is 0 Å². The van der Waals surface area contributed by atoms with E-state index in [-0.39, 0.29) is 11.7 Å². The molecule has 3 aromatic rings. The van der Waals surface area contributed by atoms with E-state index in [1.165, 1.54) is 17.7 Å². The van der Waals surface area contributed by atoms with Crippen LogP contribution in [0.5, 0.6) is 0 Å². The van der Waals surface area contributed by atoms with Crippen LogP contribution < -0.4 is 10.6 Å². The Kier molecular flexibility index (Phi) is 5.27. The number of amides is 1. The lowest BCUT2D eigenvalue weighted by molar-refractivity contribution is 0.102.